The van der Waals surface area contributed by atoms with Gasteiger partial charge >= 0.3 is 0 Å². The van der Waals surface area contributed by atoms with Crippen molar-refractivity contribution in [2.45, 2.75) is 12.5 Å². The number of rotatable bonds is 3. The first-order chi connectivity index (χ1) is 7.66. The Morgan fingerprint density at radius 1 is 1.50 bits per heavy atom. The van der Waals surface area contributed by atoms with Crippen molar-refractivity contribution < 1.29 is 4.39 Å². The van der Waals surface area contributed by atoms with E-state index < -0.39 is 0 Å². The second-order valence-electron chi connectivity index (χ2n) is 3.45. The van der Waals surface area contributed by atoms with Crippen LogP contribution in [0.15, 0.2) is 34.4 Å². The normalized spacial score (nSPS) is 12.7. The topological polar surface area (TPSA) is 38.9 Å². The first-order valence-electron chi connectivity index (χ1n) is 4.74. The molecule has 0 amide bonds. The van der Waals surface area contributed by atoms with Crippen LogP contribution in [0.3, 0.4) is 0 Å². The third-order valence-corrected chi connectivity index (χ3v) is 3.92. The molecule has 2 rings (SSSR count). The van der Waals surface area contributed by atoms with E-state index in [0.717, 1.165) is 14.9 Å². The summed E-state index contributed by atoms with van der Waals surface area (Å²) in [5.74, 6) is -0.248. The molecular weight excluding hydrogens is 291 g/mol. The zero-order chi connectivity index (χ0) is 11.5. The molecular formula is C11H10BrFN2S. The Morgan fingerprint density at radius 3 is 2.94 bits per heavy atom. The minimum Gasteiger partial charge on any atom is -0.323 e. The third kappa shape index (κ3) is 2.66. The largest absolute Gasteiger partial charge is 0.323 e. The second kappa shape index (κ2) is 5.03. The number of hydrogen-bond donors (Lipinski definition) is 1. The molecule has 2 aromatic rings. The molecule has 1 aromatic heterocycles. The van der Waals surface area contributed by atoms with Crippen LogP contribution < -0.4 is 5.73 Å². The van der Waals surface area contributed by atoms with Gasteiger partial charge < -0.3 is 5.73 Å². The molecule has 5 heteroatoms. The molecule has 0 bridgehead atoms. The summed E-state index contributed by atoms with van der Waals surface area (Å²) in [6, 6.07) is 4.56. The van der Waals surface area contributed by atoms with Crippen LogP contribution in [0.1, 0.15) is 16.5 Å². The molecule has 0 saturated heterocycles. The van der Waals surface area contributed by atoms with Crippen LogP contribution in [0.2, 0.25) is 0 Å². The SMILES string of the molecule is NC(Cc1ccc(F)cc1Br)c1cncs1. The first-order valence-corrected chi connectivity index (χ1v) is 6.42. The highest BCUT2D eigenvalue weighted by molar-refractivity contribution is 9.10. The van der Waals surface area contributed by atoms with Crippen LogP contribution in [0.4, 0.5) is 4.39 Å². The maximum atomic E-state index is 12.9. The zero-order valence-corrected chi connectivity index (χ0v) is 10.8. The Labute approximate surface area is 105 Å². The summed E-state index contributed by atoms with van der Waals surface area (Å²) in [6.07, 6.45) is 2.44. The van der Waals surface area contributed by atoms with Crippen molar-refractivity contribution in [2.24, 2.45) is 5.73 Å². The number of nitrogens with two attached hydrogens (primary N) is 1. The van der Waals surface area contributed by atoms with Crippen molar-refractivity contribution in [1.29, 1.82) is 0 Å². The lowest BCUT2D eigenvalue weighted by Crippen LogP contribution is -2.12. The quantitative estimate of drug-likeness (QED) is 0.945. The monoisotopic (exact) mass is 300 g/mol. The van der Waals surface area contributed by atoms with Gasteiger partial charge in [0.25, 0.3) is 0 Å². The van der Waals surface area contributed by atoms with Crippen LogP contribution in [0.5, 0.6) is 0 Å². The van der Waals surface area contributed by atoms with Gasteiger partial charge in [0.05, 0.1) is 5.51 Å². The van der Waals surface area contributed by atoms with E-state index in [1.807, 2.05) is 0 Å². The lowest BCUT2D eigenvalue weighted by Gasteiger charge is -2.10. The van der Waals surface area contributed by atoms with Gasteiger partial charge in [-0.05, 0) is 24.1 Å². The van der Waals surface area contributed by atoms with Gasteiger partial charge in [-0.15, -0.1) is 11.3 Å². The van der Waals surface area contributed by atoms with Crippen molar-refractivity contribution in [3.63, 3.8) is 0 Å². The van der Waals surface area contributed by atoms with Crippen LogP contribution in [-0.2, 0) is 6.42 Å². The fourth-order valence-electron chi connectivity index (χ4n) is 1.43. The van der Waals surface area contributed by atoms with Crippen molar-refractivity contribution in [1.82, 2.24) is 4.98 Å². The first kappa shape index (κ1) is 11.7. The summed E-state index contributed by atoms with van der Waals surface area (Å²) in [5, 5.41) is 0. The second-order valence-corrected chi connectivity index (χ2v) is 5.22. The third-order valence-electron chi connectivity index (χ3n) is 2.27. The van der Waals surface area contributed by atoms with Gasteiger partial charge in [-0.3, -0.25) is 4.98 Å². The maximum absolute atomic E-state index is 12.9. The van der Waals surface area contributed by atoms with Crippen molar-refractivity contribution in [2.75, 3.05) is 0 Å². The van der Waals surface area contributed by atoms with Crippen molar-refractivity contribution in [3.8, 4) is 0 Å². The van der Waals surface area contributed by atoms with E-state index in [9.17, 15) is 4.39 Å². The summed E-state index contributed by atoms with van der Waals surface area (Å²) in [4.78, 5) is 5.03. The smallest absolute Gasteiger partial charge is 0.124 e. The van der Waals surface area contributed by atoms with Crippen LogP contribution in [-0.4, -0.2) is 4.98 Å². The van der Waals surface area contributed by atoms with E-state index in [1.54, 1.807) is 17.8 Å². The van der Waals surface area contributed by atoms with E-state index in [0.29, 0.717) is 6.42 Å². The zero-order valence-electron chi connectivity index (χ0n) is 8.36. The van der Waals surface area contributed by atoms with Gasteiger partial charge in [-0.2, -0.15) is 0 Å². The highest BCUT2D eigenvalue weighted by atomic mass is 79.9. The van der Waals surface area contributed by atoms with E-state index in [2.05, 4.69) is 20.9 Å². The summed E-state index contributed by atoms with van der Waals surface area (Å²) >= 11 is 4.86. The Hall–Kier alpha value is -0.780. The average molecular weight is 301 g/mol. The molecule has 0 aliphatic heterocycles. The molecule has 0 aliphatic rings. The lowest BCUT2D eigenvalue weighted by atomic mass is 10.1. The molecule has 1 atom stereocenters. The molecule has 1 heterocycles. The molecule has 2 nitrogen and oxygen atoms in total. The van der Waals surface area contributed by atoms with E-state index in [-0.39, 0.29) is 11.9 Å². The molecule has 0 radical (unpaired) electrons. The fourth-order valence-corrected chi connectivity index (χ4v) is 2.57. The fraction of sp³-hybridized carbons (Fsp3) is 0.182. The van der Waals surface area contributed by atoms with Gasteiger partial charge in [0.2, 0.25) is 0 Å². The number of aromatic nitrogens is 1. The highest BCUT2D eigenvalue weighted by Gasteiger charge is 2.11. The van der Waals surface area contributed by atoms with Gasteiger partial charge in [0.1, 0.15) is 5.82 Å². The Morgan fingerprint density at radius 2 is 2.31 bits per heavy atom. The number of nitrogens with zero attached hydrogens (tertiary/aromatic N) is 1. The lowest BCUT2D eigenvalue weighted by molar-refractivity contribution is 0.624. The summed E-state index contributed by atoms with van der Waals surface area (Å²) < 4.78 is 13.6. The van der Waals surface area contributed by atoms with Crippen LogP contribution in [0, 0.1) is 5.82 Å². The number of hydrogen-bond acceptors (Lipinski definition) is 3. The standard InChI is InChI=1S/C11H10BrFN2S/c12-9-4-8(13)2-1-7(9)3-10(14)11-5-15-6-16-11/h1-2,4-6,10H,3,14H2. The number of thiazole rings is 1. The highest BCUT2D eigenvalue weighted by Crippen LogP contribution is 2.24. The molecule has 0 aliphatic carbocycles. The molecule has 84 valence electrons. The van der Waals surface area contributed by atoms with Gasteiger partial charge in [-0.25, -0.2) is 4.39 Å². The number of benzene rings is 1. The summed E-state index contributed by atoms with van der Waals surface area (Å²) in [6.45, 7) is 0. The minimum atomic E-state index is -0.248. The predicted molar refractivity (Wildman–Crippen MR) is 66.8 cm³/mol. The Kier molecular flexibility index (Phi) is 3.68. The molecule has 0 spiro atoms. The molecule has 16 heavy (non-hydrogen) atoms. The molecule has 2 N–H and O–H groups in total. The van der Waals surface area contributed by atoms with Gasteiger partial charge in [0, 0.05) is 21.6 Å². The maximum Gasteiger partial charge on any atom is 0.124 e. The van der Waals surface area contributed by atoms with Crippen molar-refractivity contribution in [3.05, 3.63) is 50.6 Å². The summed E-state index contributed by atoms with van der Waals surface area (Å²) in [5.41, 5.74) is 8.80. The molecule has 0 saturated carbocycles. The van der Waals surface area contributed by atoms with Gasteiger partial charge in [0.15, 0.2) is 0 Å². The Balaban J connectivity index is 2.15. The van der Waals surface area contributed by atoms with Gasteiger partial charge in [-0.1, -0.05) is 22.0 Å². The van der Waals surface area contributed by atoms with E-state index >= 15 is 0 Å². The average Bonchev–Trinajstić information content (AvgIpc) is 2.75. The summed E-state index contributed by atoms with van der Waals surface area (Å²) in [7, 11) is 0. The van der Waals surface area contributed by atoms with Crippen LogP contribution in [0.25, 0.3) is 0 Å². The Bertz CT molecular complexity index is 473. The number of halogens is 2. The van der Waals surface area contributed by atoms with E-state index in [1.165, 1.54) is 23.5 Å². The van der Waals surface area contributed by atoms with Crippen LogP contribution >= 0.6 is 27.3 Å². The minimum absolute atomic E-state index is 0.0886. The van der Waals surface area contributed by atoms with Crippen molar-refractivity contribution >= 4 is 27.3 Å². The molecule has 0 fully saturated rings. The van der Waals surface area contributed by atoms with E-state index in [4.69, 9.17) is 5.73 Å². The molecule has 1 unspecified atom stereocenters. The molecule has 1 aromatic carbocycles. The predicted octanol–water partition coefficient (Wildman–Crippen LogP) is 3.29.